The summed E-state index contributed by atoms with van der Waals surface area (Å²) >= 11 is 0. The molecule has 1 aliphatic rings. The molecule has 0 fully saturated rings. The molecule has 1 aliphatic heterocycles. The van der Waals surface area contributed by atoms with Crippen LogP contribution in [0.5, 0.6) is 11.5 Å². The zero-order chi connectivity index (χ0) is 15.5. The molecule has 0 amide bonds. The summed E-state index contributed by atoms with van der Waals surface area (Å²) in [5, 5.41) is 9.04. The van der Waals surface area contributed by atoms with Crippen LogP contribution >= 0.6 is 0 Å². The maximum Gasteiger partial charge on any atom is 0.161 e. The van der Waals surface area contributed by atoms with Crippen LogP contribution in [0.1, 0.15) is 5.56 Å². The third-order valence-corrected chi connectivity index (χ3v) is 3.12. The number of hydrogen-bond acceptors (Lipinski definition) is 6. The molecule has 0 saturated carbocycles. The molecule has 1 N–H and O–H groups in total. The second kappa shape index (κ2) is 10.4. The fraction of sp³-hybridized carbons (Fsp3) is 0.625. The van der Waals surface area contributed by atoms with Gasteiger partial charge in [0.15, 0.2) is 11.5 Å². The molecule has 1 aromatic carbocycles. The Bertz CT molecular complexity index is 423. The molecule has 22 heavy (non-hydrogen) atoms. The summed E-state index contributed by atoms with van der Waals surface area (Å²) in [7, 11) is 0. The van der Waals surface area contributed by atoms with Crippen molar-refractivity contribution in [3.05, 3.63) is 23.8 Å². The molecule has 0 radical (unpaired) electrons. The van der Waals surface area contributed by atoms with E-state index in [1.165, 1.54) is 0 Å². The van der Waals surface area contributed by atoms with Gasteiger partial charge in [-0.3, -0.25) is 0 Å². The highest BCUT2D eigenvalue weighted by Crippen LogP contribution is 2.28. The summed E-state index contributed by atoms with van der Waals surface area (Å²) in [6, 6.07) is 5.69. The monoisotopic (exact) mass is 312 g/mol. The Hall–Kier alpha value is -1.34. The maximum atomic E-state index is 9.04. The van der Waals surface area contributed by atoms with Crippen LogP contribution in [0, 0.1) is 0 Å². The number of aliphatic hydroxyl groups excluding tert-OH is 1. The summed E-state index contributed by atoms with van der Waals surface area (Å²) in [6.45, 7) is 4.18. The number of ether oxygens (including phenoxy) is 5. The van der Waals surface area contributed by atoms with E-state index >= 15 is 0 Å². The van der Waals surface area contributed by atoms with Crippen molar-refractivity contribution < 1.29 is 28.8 Å². The van der Waals surface area contributed by atoms with Gasteiger partial charge in [0.05, 0.1) is 39.6 Å². The Kier molecular flexibility index (Phi) is 8.04. The van der Waals surface area contributed by atoms with Crippen LogP contribution in [-0.2, 0) is 20.6 Å². The Morgan fingerprint density at radius 3 is 1.86 bits per heavy atom. The largest absolute Gasteiger partial charge is 0.487 e. The van der Waals surface area contributed by atoms with Crippen LogP contribution in [0.4, 0.5) is 0 Å². The van der Waals surface area contributed by atoms with E-state index in [1.54, 1.807) is 0 Å². The minimum absolute atomic E-state index is 0.108. The van der Waals surface area contributed by atoms with E-state index in [-0.39, 0.29) is 6.61 Å². The van der Waals surface area contributed by atoms with Gasteiger partial charge in [-0.1, -0.05) is 6.07 Å². The molecule has 124 valence electrons. The predicted molar refractivity (Wildman–Crippen MR) is 80.7 cm³/mol. The highest BCUT2D eigenvalue weighted by atomic mass is 16.6. The summed E-state index contributed by atoms with van der Waals surface area (Å²) in [6.07, 6.45) is 0.591. The summed E-state index contributed by atoms with van der Waals surface area (Å²) in [5.74, 6) is 1.34. The van der Waals surface area contributed by atoms with Gasteiger partial charge >= 0.3 is 0 Å². The fourth-order valence-corrected chi connectivity index (χ4v) is 2.03. The minimum atomic E-state index is 0.108. The summed E-state index contributed by atoms with van der Waals surface area (Å²) in [4.78, 5) is 0. The Morgan fingerprint density at radius 2 is 1.27 bits per heavy atom. The number of aliphatic hydroxyl groups is 1. The Balaban J connectivity index is 1.97. The van der Waals surface area contributed by atoms with Crippen molar-refractivity contribution in [3.63, 3.8) is 0 Å². The summed E-state index contributed by atoms with van der Waals surface area (Å²) < 4.78 is 27.7. The van der Waals surface area contributed by atoms with E-state index in [1.807, 2.05) is 18.2 Å². The first-order valence-electron chi connectivity index (χ1n) is 7.63. The van der Waals surface area contributed by atoms with Crippen molar-refractivity contribution in [1.29, 1.82) is 0 Å². The average Bonchev–Trinajstić information content (AvgIpc) is 2.54. The number of hydrogen-bond donors (Lipinski definition) is 1. The highest BCUT2D eigenvalue weighted by molar-refractivity contribution is 5.43. The van der Waals surface area contributed by atoms with Crippen LogP contribution in [0.15, 0.2) is 18.2 Å². The third-order valence-electron chi connectivity index (χ3n) is 3.12. The van der Waals surface area contributed by atoms with E-state index in [4.69, 9.17) is 28.8 Å². The van der Waals surface area contributed by atoms with Gasteiger partial charge in [-0.05, 0) is 24.1 Å². The molecule has 6 heteroatoms. The first-order valence-corrected chi connectivity index (χ1v) is 7.63. The second-order valence-corrected chi connectivity index (χ2v) is 4.79. The molecule has 0 spiro atoms. The van der Waals surface area contributed by atoms with Gasteiger partial charge in [0, 0.05) is 6.61 Å². The molecular weight excluding hydrogens is 288 g/mol. The second-order valence-electron chi connectivity index (χ2n) is 4.79. The Morgan fingerprint density at radius 1 is 0.727 bits per heavy atom. The standard InChI is InChI=1S/C16H24O6/c17-4-3-14-1-2-15-16(13-14)22-12-10-20-8-6-18-5-7-19-9-11-21-15/h1-2,13,17H,3-12H2. The molecular formula is C16H24O6. The highest BCUT2D eigenvalue weighted by Gasteiger charge is 2.08. The quantitative estimate of drug-likeness (QED) is 0.880. The van der Waals surface area contributed by atoms with Crippen LogP contribution in [0.2, 0.25) is 0 Å². The smallest absolute Gasteiger partial charge is 0.161 e. The van der Waals surface area contributed by atoms with Gasteiger partial charge in [-0.2, -0.15) is 0 Å². The lowest BCUT2D eigenvalue weighted by Gasteiger charge is -2.14. The molecule has 0 bridgehead atoms. The molecule has 0 aliphatic carbocycles. The van der Waals surface area contributed by atoms with Gasteiger partial charge < -0.3 is 28.8 Å². The van der Waals surface area contributed by atoms with Gasteiger partial charge in [-0.25, -0.2) is 0 Å². The number of rotatable bonds is 2. The molecule has 1 aromatic rings. The number of benzene rings is 1. The van der Waals surface area contributed by atoms with E-state index < -0.39 is 0 Å². The fourth-order valence-electron chi connectivity index (χ4n) is 2.03. The molecule has 1 heterocycles. The first kappa shape index (κ1) is 17.0. The lowest BCUT2D eigenvalue weighted by atomic mass is 10.1. The van der Waals surface area contributed by atoms with Crippen molar-refractivity contribution in [3.8, 4) is 11.5 Å². The molecule has 0 aromatic heterocycles. The van der Waals surface area contributed by atoms with Crippen LogP contribution in [0.25, 0.3) is 0 Å². The van der Waals surface area contributed by atoms with Gasteiger partial charge in [0.1, 0.15) is 13.2 Å². The van der Waals surface area contributed by atoms with Crippen LogP contribution in [0.3, 0.4) is 0 Å². The topological polar surface area (TPSA) is 66.4 Å². The van der Waals surface area contributed by atoms with Crippen molar-refractivity contribution in [1.82, 2.24) is 0 Å². The van der Waals surface area contributed by atoms with Gasteiger partial charge in [0.2, 0.25) is 0 Å². The van der Waals surface area contributed by atoms with Crippen LogP contribution < -0.4 is 9.47 Å². The zero-order valence-corrected chi connectivity index (χ0v) is 12.8. The van der Waals surface area contributed by atoms with E-state index in [0.717, 1.165) is 5.56 Å². The van der Waals surface area contributed by atoms with Crippen LogP contribution in [-0.4, -0.2) is 64.6 Å². The van der Waals surface area contributed by atoms with Crippen molar-refractivity contribution in [2.75, 3.05) is 59.5 Å². The van der Waals surface area contributed by atoms with Crippen molar-refractivity contribution >= 4 is 0 Å². The van der Waals surface area contributed by atoms with E-state index in [2.05, 4.69) is 0 Å². The molecule has 6 nitrogen and oxygen atoms in total. The van der Waals surface area contributed by atoms with Gasteiger partial charge in [0.25, 0.3) is 0 Å². The predicted octanol–water partition coefficient (Wildman–Crippen LogP) is 1.04. The molecule has 0 atom stereocenters. The first-order chi connectivity index (χ1) is 10.9. The lowest BCUT2D eigenvalue weighted by Crippen LogP contribution is -2.13. The van der Waals surface area contributed by atoms with E-state index in [9.17, 15) is 0 Å². The number of fused-ring (bicyclic) bond motifs is 1. The normalized spacial score (nSPS) is 18.2. The zero-order valence-electron chi connectivity index (χ0n) is 12.8. The molecule has 0 saturated heterocycles. The maximum absolute atomic E-state index is 9.04. The minimum Gasteiger partial charge on any atom is -0.487 e. The molecule has 0 unspecified atom stereocenters. The van der Waals surface area contributed by atoms with Crippen molar-refractivity contribution in [2.24, 2.45) is 0 Å². The summed E-state index contributed by atoms with van der Waals surface area (Å²) in [5.41, 5.74) is 1.01. The average molecular weight is 312 g/mol. The SMILES string of the molecule is OCCc1ccc2c(c1)OCCOCCOCCOCCO2. The van der Waals surface area contributed by atoms with E-state index in [0.29, 0.717) is 70.8 Å². The third kappa shape index (κ3) is 6.19. The Labute approximate surface area is 130 Å². The molecule has 2 rings (SSSR count). The van der Waals surface area contributed by atoms with Gasteiger partial charge in [-0.15, -0.1) is 0 Å². The lowest BCUT2D eigenvalue weighted by molar-refractivity contribution is 0.00708. The van der Waals surface area contributed by atoms with Crippen molar-refractivity contribution in [2.45, 2.75) is 6.42 Å².